The van der Waals surface area contributed by atoms with Crippen LogP contribution in [0.15, 0.2) is 30.3 Å². The Kier molecular flexibility index (Phi) is 27.9. The van der Waals surface area contributed by atoms with Crippen molar-refractivity contribution < 1.29 is 68.4 Å². The average Bonchev–Trinajstić information content (AvgIpc) is 3.39. The molecule has 77 heavy (non-hydrogen) atoms. The van der Waals surface area contributed by atoms with E-state index in [-0.39, 0.29) is 63.6 Å². The first-order valence-corrected chi connectivity index (χ1v) is 26.4. The SMILES string of the molecule is CC(C)C[C@@H]1NC(=O)[C@@H](Cc2ccccc2)NC(=O)[C@H](CCN)NC(=O)[C@@H](NC(=O)[C@@H](CO)NC(=O)[C@@H](NC(=O)C(O)C2CCCCC2)C(C)O)CCNC(=O)[C@H](C(C)O)NC(=O)[C@H](CCN)NC(=O)[C@H](CCN)NC1=O. The molecule has 1 aromatic rings. The number of hydrogen-bond donors (Lipinski definition) is 17. The first-order valence-electron chi connectivity index (χ1n) is 26.4. The minimum absolute atomic E-state index is 0.0452. The van der Waals surface area contributed by atoms with Crippen LogP contribution in [0.25, 0.3) is 0 Å². The number of aliphatic hydroxyl groups is 4. The van der Waals surface area contributed by atoms with Crippen molar-refractivity contribution in [2.24, 2.45) is 29.0 Å². The van der Waals surface area contributed by atoms with Gasteiger partial charge >= 0.3 is 0 Å². The van der Waals surface area contributed by atoms with Crippen LogP contribution in [0.2, 0.25) is 0 Å². The molecule has 0 radical (unpaired) electrons. The maximum absolute atomic E-state index is 14.3. The maximum Gasteiger partial charge on any atom is 0.249 e. The summed E-state index contributed by atoms with van der Waals surface area (Å²) in [6, 6.07) is -5.44. The molecule has 1 heterocycles. The molecule has 1 aliphatic carbocycles. The van der Waals surface area contributed by atoms with Gasteiger partial charge in [0, 0.05) is 13.0 Å². The molecule has 27 heteroatoms. The van der Waals surface area contributed by atoms with Crippen molar-refractivity contribution in [3.63, 3.8) is 0 Å². The summed E-state index contributed by atoms with van der Waals surface area (Å²) in [4.78, 5) is 139. The Labute approximate surface area is 448 Å². The second-order valence-corrected chi connectivity index (χ2v) is 20.0. The highest BCUT2D eigenvalue weighted by atomic mass is 16.3. The summed E-state index contributed by atoms with van der Waals surface area (Å²) in [6.45, 7) is 3.89. The number of amides is 10. The summed E-state index contributed by atoms with van der Waals surface area (Å²) in [5, 5.41) is 67.1. The lowest BCUT2D eigenvalue weighted by atomic mass is 9.85. The van der Waals surface area contributed by atoms with E-state index >= 15 is 0 Å². The molecule has 1 aromatic carbocycles. The predicted molar refractivity (Wildman–Crippen MR) is 279 cm³/mol. The standard InChI is InChI=1S/C50H83N13O14/c1-26(2)23-35-45(72)57-31(15-19-51)41(68)56-33(17-21-53)44(71)62-38(27(3)65)48(75)54-22-18-34(43(70)55-32(16-20-52)42(69)60-36(46(73)59-35)24-29-11-7-5-8-12-29)58-47(74)37(25-64)61-49(76)39(28(4)66)63-50(77)40(67)30-13-9-6-10-14-30/h5,7-8,11-12,26-28,30-40,64-67H,6,9-10,13-25,51-53H2,1-4H3,(H,54,75)(H,55,70)(H,56,68)(H,57,72)(H,58,74)(H,59,73)(H,60,69)(H,61,76)(H,62,71)(H,63,77)/t27?,28?,31-,32-,33-,34-,35-,36+,37+,38-,39-,40?/m0/s1. The number of aliphatic hydroxyl groups excluding tert-OH is 4. The molecule has 3 unspecified atom stereocenters. The van der Waals surface area contributed by atoms with Crippen LogP contribution in [-0.4, -0.2) is 185 Å². The van der Waals surface area contributed by atoms with E-state index in [9.17, 15) is 68.4 Å². The number of rotatable bonds is 20. The molecule has 1 saturated heterocycles. The van der Waals surface area contributed by atoms with Crippen LogP contribution in [0, 0.1) is 11.8 Å². The van der Waals surface area contributed by atoms with Crippen molar-refractivity contribution in [1.82, 2.24) is 53.2 Å². The van der Waals surface area contributed by atoms with E-state index in [0.29, 0.717) is 18.4 Å². The summed E-state index contributed by atoms with van der Waals surface area (Å²) in [7, 11) is 0. The van der Waals surface area contributed by atoms with Crippen molar-refractivity contribution in [3.8, 4) is 0 Å². The van der Waals surface area contributed by atoms with Crippen LogP contribution in [0.1, 0.15) is 97.5 Å². The Morgan fingerprint density at radius 2 is 1.09 bits per heavy atom. The van der Waals surface area contributed by atoms with Crippen molar-refractivity contribution in [2.45, 2.75) is 171 Å². The van der Waals surface area contributed by atoms with Gasteiger partial charge in [0.2, 0.25) is 59.1 Å². The van der Waals surface area contributed by atoms with Gasteiger partial charge in [0.25, 0.3) is 0 Å². The molecule has 0 spiro atoms. The fourth-order valence-electron chi connectivity index (χ4n) is 8.84. The molecule has 1 saturated carbocycles. The molecule has 2 aliphatic rings. The average molecular weight is 1090 g/mol. The molecule has 27 nitrogen and oxygen atoms in total. The Balaban J connectivity index is 2.07. The Hall–Kier alpha value is -6.36. The quantitative estimate of drug-likeness (QED) is 0.0578. The molecule has 3 rings (SSSR count). The highest BCUT2D eigenvalue weighted by molar-refractivity contribution is 5.99. The van der Waals surface area contributed by atoms with Crippen LogP contribution in [-0.2, 0) is 54.4 Å². The number of nitrogens with two attached hydrogens (primary N) is 3. The van der Waals surface area contributed by atoms with Gasteiger partial charge < -0.3 is 90.8 Å². The lowest BCUT2D eigenvalue weighted by molar-refractivity contribution is -0.140. The lowest BCUT2D eigenvalue weighted by Crippen LogP contribution is -2.62. The topological polar surface area (TPSA) is 450 Å². The molecule has 10 amide bonds. The molecule has 1 aliphatic heterocycles. The first kappa shape index (κ1) is 64.9. The highest BCUT2D eigenvalue weighted by Crippen LogP contribution is 2.26. The molecule has 20 N–H and O–H groups in total. The van der Waals surface area contributed by atoms with Gasteiger partial charge in [-0.2, -0.15) is 0 Å². The molecule has 432 valence electrons. The number of benzene rings is 1. The summed E-state index contributed by atoms with van der Waals surface area (Å²) < 4.78 is 0. The Bertz CT molecular complexity index is 2130. The van der Waals surface area contributed by atoms with E-state index in [2.05, 4.69) is 53.2 Å². The summed E-state index contributed by atoms with van der Waals surface area (Å²) in [5.74, 6) is -10.3. The molecule has 0 aromatic heterocycles. The zero-order chi connectivity index (χ0) is 57.4. The van der Waals surface area contributed by atoms with Crippen LogP contribution in [0.5, 0.6) is 0 Å². The Morgan fingerprint density at radius 1 is 0.597 bits per heavy atom. The zero-order valence-electron chi connectivity index (χ0n) is 44.4. The minimum atomic E-state index is -1.85. The van der Waals surface area contributed by atoms with E-state index in [0.717, 1.165) is 19.3 Å². The zero-order valence-corrected chi connectivity index (χ0v) is 44.4. The van der Waals surface area contributed by atoms with Crippen molar-refractivity contribution in [3.05, 3.63) is 35.9 Å². The predicted octanol–water partition coefficient (Wildman–Crippen LogP) is -6.10. The van der Waals surface area contributed by atoms with E-state index in [4.69, 9.17) is 17.2 Å². The monoisotopic (exact) mass is 1090 g/mol. The lowest BCUT2D eigenvalue weighted by Gasteiger charge is -2.29. The van der Waals surface area contributed by atoms with Crippen LogP contribution in [0.3, 0.4) is 0 Å². The number of carbonyl (C=O) groups excluding carboxylic acids is 10. The van der Waals surface area contributed by atoms with Gasteiger partial charge in [-0.3, -0.25) is 47.9 Å². The number of hydrogen-bond acceptors (Lipinski definition) is 17. The van der Waals surface area contributed by atoms with Crippen LogP contribution < -0.4 is 70.4 Å². The van der Waals surface area contributed by atoms with E-state index in [1.54, 1.807) is 44.2 Å². The fraction of sp³-hybridized carbons (Fsp3) is 0.680. The smallest absolute Gasteiger partial charge is 0.249 e. The summed E-state index contributed by atoms with van der Waals surface area (Å²) >= 11 is 0. The van der Waals surface area contributed by atoms with E-state index < -0.39 is 151 Å². The number of carbonyl (C=O) groups is 10. The molecule has 2 fully saturated rings. The third-order valence-electron chi connectivity index (χ3n) is 13.2. The highest BCUT2D eigenvalue weighted by Gasteiger charge is 2.38. The largest absolute Gasteiger partial charge is 0.394 e. The molecule has 12 atom stereocenters. The van der Waals surface area contributed by atoms with Gasteiger partial charge in [-0.25, -0.2) is 0 Å². The van der Waals surface area contributed by atoms with Crippen molar-refractivity contribution in [1.29, 1.82) is 0 Å². The van der Waals surface area contributed by atoms with Crippen LogP contribution in [0.4, 0.5) is 0 Å². The van der Waals surface area contributed by atoms with E-state index in [1.165, 1.54) is 13.8 Å². The summed E-state index contributed by atoms with van der Waals surface area (Å²) in [6.07, 6.45) is -2.09. The summed E-state index contributed by atoms with van der Waals surface area (Å²) in [5.41, 5.74) is 18.1. The molecule has 0 bridgehead atoms. The van der Waals surface area contributed by atoms with Gasteiger partial charge in [-0.05, 0) is 95.8 Å². The van der Waals surface area contributed by atoms with Crippen molar-refractivity contribution >= 4 is 59.1 Å². The van der Waals surface area contributed by atoms with Gasteiger partial charge in [0.1, 0.15) is 60.5 Å². The van der Waals surface area contributed by atoms with E-state index in [1.807, 2.05) is 0 Å². The third kappa shape index (κ3) is 21.2. The molecular formula is C50H83N13O14. The third-order valence-corrected chi connectivity index (χ3v) is 13.2. The van der Waals surface area contributed by atoms with Gasteiger partial charge in [0.05, 0.1) is 18.8 Å². The van der Waals surface area contributed by atoms with Crippen LogP contribution >= 0.6 is 0 Å². The van der Waals surface area contributed by atoms with Gasteiger partial charge in [-0.1, -0.05) is 63.4 Å². The minimum Gasteiger partial charge on any atom is -0.394 e. The van der Waals surface area contributed by atoms with Gasteiger partial charge in [-0.15, -0.1) is 0 Å². The molecular weight excluding hydrogens is 1010 g/mol. The Morgan fingerprint density at radius 3 is 1.60 bits per heavy atom. The van der Waals surface area contributed by atoms with Gasteiger partial charge in [0.15, 0.2) is 0 Å². The van der Waals surface area contributed by atoms with Crippen molar-refractivity contribution in [2.75, 3.05) is 32.8 Å². The maximum atomic E-state index is 14.3. The second-order valence-electron chi connectivity index (χ2n) is 20.0. The second kappa shape index (κ2) is 33.0. The fourth-order valence-corrected chi connectivity index (χ4v) is 8.84. The number of nitrogens with one attached hydrogen (secondary N) is 10. The normalized spacial score (nSPS) is 25.1. The first-order chi connectivity index (χ1) is 36.5.